The van der Waals surface area contributed by atoms with Crippen molar-refractivity contribution < 1.29 is 5.11 Å². The van der Waals surface area contributed by atoms with E-state index >= 15 is 0 Å². The molecule has 2 aromatic carbocycles. The fourth-order valence-corrected chi connectivity index (χ4v) is 2.56. The Balaban J connectivity index is 2.44. The van der Waals surface area contributed by atoms with E-state index in [4.69, 9.17) is 0 Å². The van der Waals surface area contributed by atoms with Crippen molar-refractivity contribution >= 4 is 0 Å². The van der Waals surface area contributed by atoms with Crippen molar-refractivity contribution in [1.29, 1.82) is 0 Å². The highest BCUT2D eigenvalue weighted by Crippen LogP contribution is 2.33. The molecular weight excluding hydrogens is 232 g/mol. The summed E-state index contributed by atoms with van der Waals surface area (Å²) in [5, 5.41) is 11.1. The first kappa shape index (κ1) is 13.8. The van der Waals surface area contributed by atoms with Crippen molar-refractivity contribution in [2.24, 2.45) is 0 Å². The molecule has 0 bridgehead atoms. The third-order valence-electron chi connectivity index (χ3n) is 3.71. The molecule has 1 atom stereocenters. The summed E-state index contributed by atoms with van der Waals surface area (Å²) in [6.45, 7) is 4.20. The summed E-state index contributed by atoms with van der Waals surface area (Å²) in [6, 6.07) is 18.3. The van der Waals surface area contributed by atoms with Crippen molar-refractivity contribution in [3.8, 4) is 0 Å². The molecule has 0 aliphatic carbocycles. The highest BCUT2D eigenvalue weighted by molar-refractivity contribution is 5.37. The van der Waals surface area contributed by atoms with E-state index in [1.54, 1.807) is 0 Å². The highest BCUT2D eigenvalue weighted by atomic mass is 16.3. The number of hydrogen-bond acceptors (Lipinski definition) is 1. The fraction of sp³-hybridized carbons (Fsp3) is 0.333. The molecule has 1 heteroatoms. The van der Waals surface area contributed by atoms with Crippen LogP contribution in [0.3, 0.4) is 0 Å². The van der Waals surface area contributed by atoms with Gasteiger partial charge in [0.05, 0.1) is 0 Å². The molecule has 19 heavy (non-hydrogen) atoms. The van der Waals surface area contributed by atoms with Crippen molar-refractivity contribution in [3.05, 3.63) is 71.3 Å². The Morgan fingerprint density at radius 1 is 0.895 bits per heavy atom. The second-order valence-corrected chi connectivity index (χ2v) is 5.03. The number of aliphatic hydroxyl groups is 1. The van der Waals surface area contributed by atoms with Gasteiger partial charge in [0.2, 0.25) is 0 Å². The second kappa shape index (κ2) is 6.03. The SMILES string of the molecule is CCCc1cccc(C(O)(CC)c2ccccc2)c1. The van der Waals surface area contributed by atoms with Gasteiger partial charge in [-0.2, -0.15) is 0 Å². The molecule has 2 rings (SSSR count). The van der Waals surface area contributed by atoms with E-state index in [0.717, 1.165) is 24.0 Å². The van der Waals surface area contributed by atoms with Gasteiger partial charge < -0.3 is 5.11 Å². The van der Waals surface area contributed by atoms with E-state index in [0.29, 0.717) is 6.42 Å². The Morgan fingerprint density at radius 3 is 2.21 bits per heavy atom. The van der Waals surface area contributed by atoms with E-state index in [1.165, 1.54) is 5.56 Å². The Labute approximate surface area is 115 Å². The van der Waals surface area contributed by atoms with Gasteiger partial charge in [0.25, 0.3) is 0 Å². The van der Waals surface area contributed by atoms with Crippen LogP contribution in [0.2, 0.25) is 0 Å². The van der Waals surface area contributed by atoms with Gasteiger partial charge in [0.15, 0.2) is 0 Å². The smallest absolute Gasteiger partial charge is 0.114 e. The van der Waals surface area contributed by atoms with Crippen molar-refractivity contribution in [3.63, 3.8) is 0 Å². The maximum Gasteiger partial charge on any atom is 0.114 e. The average Bonchev–Trinajstić information content (AvgIpc) is 2.48. The molecule has 0 radical (unpaired) electrons. The molecule has 1 N–H and O–H groups in total. The molecule has 0 saturated heterocycles. The van der Waals surface area contributed by atoms with E-state index in [2.05, 4.69) is 19.1 Å². The lowest BCUT2D eigenvalue weighted by Gasteiger charge is -2.28. The molecule has 0 saturated carbocycles. The molecule has 0 fully saturated rings. The summed E-state index contributed by atoms with van der Waals surface area (Å²) >= 11 is 0. The van der Waals surface area contributed by atoms with Gasteiger partial charge in [-0.05, 0) is 29.5 Å². The Kier molecular flexibility index (Phi) is 4.39. The molecule has 0 aliphatic heterocycles. The molecule has 0 heterocycles. The summed E-state index contributed by atoms with van der Waals surface area (Å²) < 4.78 is 0. The quantitative estimate of drug-likeness (QED) is 0.844. The number of benzene rings is 2. The zero-order valence-corrected chi connectivity index (χ0v) is 11.8. The zero-order valence-electron chi connectivity index (χ0n) is 11.8. The zero-order chi connectivity index (χ0) is 13.7. The summed E-state index contributed by atoms with van der Waals surface area (Å²) in [5.74, 6) is 0. The van der Waals surface area contributed by atoms with Crippen molar-refractivity contribution in [1.82, 2.24) is 0 Å². The first-order chi connectivity index (χ1) is 9.20. The van der Waals surface area contributed by atoms with E-state index in [1.807, 2.05) is 49.4 Å². The van der Waals surface area contributed by atoms with Gasteiger partial charge in [0.1, 0.15) is 5.60 Å². The van der Waals surface area contributed by atoms with E-state index < -0.39 is 5.60 Å². The molecule has 0 aliphatic rings. The first-order valence-electron chi connectivity index (χ1n) is 7.08. The van der Waals surface area contributed by atoms with Crippen LogP contribution in [0.5, 0.6) is 0 Å². The molecule has 100 valence electrons. The lowest BCUT2D eigenvalue weighted by Crippen LogP contribution is -2.26. The number of hydrogen-bond donors (Lipinski definition) is 1. The van der Waals surface area contributed by atoms with Gasteiger partial charge in [-0.1, -0.05) is 74.9 Å². The predicted octanol–water partition coefficient (Wildman–Crippen LogP) is 4.29. The normalized spacial score (nSPS) is 14.1. The minimum absolute atomic E-state index is 0.673. The van der Waals surface area contributed by atoms with Crippen LogP contribution in [0.1, 0.15) is 43.4 Å². The standard InChI is InChI=1S/C18H22O/c1-3-9-15-10-8-13-17(14-15)18(19,4-2)16-11-6-5-7-12-16/h5-8,10-14,19H,3-4,9H2,1-2H3. The van der Waals surface area contributed by atoms with E-state index in [-0.39, 0.29) is 0 Å². The Morgan fingerprint density at radius 2 is 1.58 bits per heavy atom. The van der Waals surface area contributed by atoms with Crippen LogP contribution in [0.25, 0.3) is 0 Å². The number of aryl methyl sites for hydroxylation is 1. The summed E-state index contributed by atoms with van der Waals surface area (Å²) in [4.78, 5) is 0. The third-order valence-corrected chi connectivity index (χ3v) is 3.71. The first-order valence-corrected chi connectivity index (χ1v) is 7.08. The molecule has 1 unspecified atom stereocenters. The highest BCUT2D eigenvalue weighted by Gasteiger charge is 2.29. The number of rotatable bonds is 5. The summed E-state index contributed by atoms with van der Waals surface area (Å²) in [5.41, 5.74) is 2.37. The maximum atomic E-state index is 11.1. The van der Waals surface area contributed by atoms with Crippen LogP contribution >= 0.6 is 0 Å². The summed E-state index contributed by atoms with van der Waals surface area (Å²) in [7, 11) is 0. The van der Waals surface area contributed by atoms with Crippen molar-refractivity contribution in [2.75, 3.05) is 0 Å². The van der Waals surface area contributed by atoms with Gasteiger partial charge >= 0.3 is 0 Å². The van der Waals surface area contributed by atoms with Crippen molar-refractivity contribution in [2.45, 2.75) is 38.7 Å². The van der Waals surface area contributed by atoms with E-state index in [9.17, 15) is 5.11 Å². The minimum Gasteiger partial charge on any atom is -0.380 e. The molecular formula is C18H22O. The average molecular weight is 254 g/mol. The predicted molar refractivity (Wildman–Crippen MR) is 80.2 cm³/mol. The molecule has 1 nitrogen and oxygen atoms in total. The van der Waals surface area contributed by atoms with Gasteiger partial charge in [-0.3, -0.25) is 0 Å². The van der Waals surface area contributed by atoms with Gasteiger partial charge in [0, 0.05) is 0 Å². The molecule has 0 spiro atoms. The fourth-order valence-electron chi connectivity index (χ4n) is 2.56. The van der Waals surface area contributed by atoms with Crippen LogP contribution in [0.15, 0.2) is 54.6 Å². The Hall–Kier alpha value is -1.60. The topological polar surface area (TPSA) is 20.2 Å². The largest absolute Gasteiger partial charge is 0.380 e. The van der Waals surface area contributed by atoms with Crippen LogP contribution in [-0.4, -0.2) is 5.11 Å². The monoisotopic (exact) mass is 254 g/mol. The summed E-state index contributed by atoms with van der Waals surface area (Å²) in [6.07, 6.45) is 2.86. The van der Waals surface area contributed by atoms with Crippen LogP contribution in [0.4, 0.5) is 0 Å². The molecule has 0 amide bonds. The van der Waals surface area contributed by atoms with Crippen LogP contribution < -0.4 is 0 Å². The van der Waals surface area contributed by atoms with Crippen LogP contribution in [-0.2, 0) is 12.0 Å². The maximum absolute atomic E-state index is 11.1. The van der Waals surface area contributed by atoms with Gasteiger partial charge in [-0.15, -0.1) is 0 Å². The lowest BCUT2D eigenvalue weighted by atomic mass is 9.83. The minimum atomic E-state index is -0.884. The Bertz CT molecular complexity index is 518. The van der Waals surface area contributed by atoms with Crippen LogP contribution in [0, 0.1) is 0 Å². The molecule has 2 aromatic rings. The lowest BCUT2D eigenvalue weighted by molar-refractivity contribution is 0.0764. The second-order valence-electron chi connectivity index (χ2n) is 5.03. The van der Waals surface area contributed by atoms with Gasteiger partial charge in [-0.25, -0.2) is 0 Å². The molecule has 0 aromatic heterocycles. The third kappa shape index (κ3) is 2.87.